The summed E-state index contributed by atoms with van der Waals surface area (Å²) >= 11 is 5.67. The lowest BCUT2D eigenvalue weighted by Gasteiger charge is -2.19. The van der Waals surface area contributed by atoms with Crippen molar-refractivity contribution in [3.05, 3.63) is 52.8 Å². The van der Waals surface area contributed by atoms with Gasteiger partial charge in [-0.2, -0.15) is 0 Å². The Bertz CT molecular complexity index is 1230. The molecule has 11 heteroatoms. The predicted molar refractivity (Wildman–Crippen MR) is 108 cm³/mol. The van der Waals surface area contributed by atoms with Gasteiger partial charge in [0.2, 0.25) is 15.9 Å². The molecule has 1 saturated heterocycles. The van der Waals surface area contributed by atoms with Crippen LogP contribution in [0, 0.1) is 18.2 Å². The highest BCUT2D eigenvalue weighted by molar-refractivity contribution is 7.94. The van der Waals surface area contributed by atoms with Crippen molar-refractivity contribution in [3.8, 4) is 0 Å². The minimum absolute atomic E-state index is 0.0684. The molecule has 0 atom stereocenters. The molecule has 0 radical (unpaired) electrons. The molecule has 0 unspecified atom stereocenters. The third-order valence-electron chi connectivity index (χ3n) is 4.44. The third-order valence-corrected chi connectivity index (χ3v) is 8.29. The summed E-state index contributed by atoms with van der Waals surface area (Å²) in [5.41, 5.74) is -0.697. The van der Waals surface area contributed by atoms with Crippen LogP contribution < -0.4 is 9.03 Å². The maximum Gasteiger partial charge on any atom is 0.262 e. The number of halogens is 2. The topological polar surface area (TPSA) is 101 Å². The fourth-order valence-corrected chi connectivity index (χ4v) is 6.65. The average Bonchev–Trinajstić information content (AvgIpc) is 2.73. The van der Waals surface area contributed by atoms with E-state index in [4.69, 9.17) is 11.6 Å². The van der Waals surface area contributed by atoms with Crippen LogP contribution >= 0.6 is 11.6 Å². The fourth-order valence-electron chi connectivity index (χ4n) is 3.09. The van der Waals surface area contributed by atoms with Crippen LogP contribution in [0.2, 0.25) is 5.02 Å². The van der Waals surface area contributed by atoms with Crippen LogP contribution in [-0.4, -0.2) is 28.5 Å². The molecule has 1 fully saturated rings. The SMILES string of the molecule is Cc1cc(N2C(=O)C(C)(C)CS2(=O)=O)ccc1S(=O)(=O)Nc1ccc(F)c(Cl)c1. The Kier molecular flexibility index (Phi) is 5.17. The highest BCUT2D eigenvalue weighted by Gasteiger charge is 2.50. The quantitative estimate of drug-likeness (QED) is 0.754. The Morgan fingerprint density at radius 2 is 1.83 bits per heavy atom. The summed E-state index contributed by atoms with van der Waals surface area (Å²) in [5.74, 6) is -1.59. The molecule has 2 aromatic carbocycles. The fraction of sp³-hybridized carbons (Fsp3) is 0.278. The van der Waals surface area contributed by atoms with E-state index in [0.29, 0.717) is 4.31 Å². The van der Waals surface area contributed by atoms with Crippen molar-refractivity contribution in [2.75, 3.05) is 14.8 Å². The zero-order valence-electron chi connectivity index (χ0n) is 15.7. The molecule has 1 heterocycles. The zero-order chi connectivity index (χ0) is 21.8. The molecule has 156 valence electrons. The maximum atomic E-state index is 13.3. The number of rotatable bonds is 4. The first-order chi connectivity index (χ1) is 13.2. The van der Waals surface area contributed by atoms with Gasteiger partial charge in [-0.3, -0.25) is 9.52 Å². The van der Waals surface area contributed by atoms with Gasteiger partial charge in [0.15, 0.2) is 0 Å². The second-order valence-electron chi connectivity index (χ2n) is 7.39. The largest absolute Gasteiger partial charge is 0.280 e. The molecule has 0 spiro atoms. The van der Waals surface area contributed by atoms with Crippen LogP contribution in [0.15, 0.2) is 41.3 Å². The van der Waals surface area contributed by atoms with Crippen molar-refractivity contribution in [2.24, 2.45) is 5.41 Å². The standard InChI is InChI=1S/C18H18ClFN2O5S2/c1-11-8-13(22-17(23)18(2,3)10-28(22,24)25)5-7-16(11)29(26,27)21-12-4-6-15(20)14(19)9-12/h4-9,21H,10H2,1-3H3. The second-order valence-corrected chi connectivity index (χ2v) is 11.3. The number of aryl methyl sites for hydroxylation is 1. The van der Waals surface area contributed by atoms with Gasteiger partial charge in [0, 0.05) is 0 Å². The first kappa shape index (κ1) is 21.5. The van der Waals surface area contributed by atoms with Gasteiger partial charge in [-0.25, -0.2) is 25.5 Å². The molecule has 3 rings (SSSR count). The van der Waals surface area contributed by atoms with Gasteiger partial charge < -0.3 is 0 Å². The molecule has 29 heavy (non-hydrogen) atoms. The van der Waals surface area contributed by atoms with Crippen LogP contribution in [0.25, 0.3) is 0 Å². The van der Waals surface area contributed by atoms with Gasteiger partial charge >= 0.3 is 0 Å². The van der Waals surface area contributed by atoms with Crippen molar-refractivity contribution in [1.29, 1.82) is 0 Å². The van der Waals surface area contributed by atoms with E-state index in [-0.39, 0.29) is 32.6 Å². The van der Waals surface area contributed by atoms with E-state index in [1.165, 1.54) is 45.0 Å². The van der Waals surface area contributed by atoms with Crippen molar-refractivity contribution >= 4 is 48.9 Å². The number of nitrogens with one attached hydrogen (secondary N) is 1. The normalized spacial score (nSPS) is 18.1. The van der Waals surface area contributed by atoms with Crippen molar-refractivity contribution < 1.29 is 26.0 Å². The Hall–Kier alpha value is -2.17. The van der Waals surface area contributed by atoms with Crippen molar-refractivity contribution in [3.63, 3.8) is 0 Å². The number of hydrogen-bond donors (Lipinski definition) is 1. The van der Waals surface area contributed by atoms with Gasteiger partial charge in [0.05, 0.1) is 32.5 Å². The van der Waals surface area contributed by atoms with Crippen LogP contribution in [0.1, 0.15) is 19.4 Å². The van der Waals surface area contributed by atoms with E-state index < -0.39 is 37.2 Å². The molecule has 0 aromatic heterocycles. The Morgan fingerprint density at radius 1 is 1.17 bits per heavy atom. The summed E-state index contributed by atoms with van der Waals surface area (Å²) in [6.45, 7) is 4.56. The zero-order valence-corrected chi connectivity index (χ0v) is 18.1. The number of benzene rings is 2. The lowest BCUT2D eigenvalue weighted by Crippen LogP contribution is -2.33. The van der Waals surface area contributed by atoms with E-state index in [1.807, 2.05) is 0 Å². The van der Waals surface area contributed by atoms with Gasteiger partial charge in [-0.05, 0) is 62.7 Å². The average molecular weight is 461 g/mol. The number of carbonyl (C=O) groups is 1. The van der Waals surface area contributed by atoms with Gasteiger partial charge in [0.1, 0.15) is 5.82 Å². The number of amides is 1. The van der Waals surface area contributed by atoms with Crippen molar-refractivity contribution in [1.82, 2.24) is 0 Å². The number of carbonyl (C=O) groups excluding carboxylic acids is 1. The molecule has 0 aliphatic carbocycles. The monoisotopic (exact) mass is 460 g/mol. The second kappa shape index (κ2) is 6.96. The lowest BCUT2D eigenvalue weighted by atomic mass is 9.95. The minimum Gasteiger partial charge on any atom is -0.280 e. The number of sulfonamides is 2. The number of nitrogens with zero attached hydrogens (tertiary/aromatic N) is 1. The van der Waals surface area contributed by atoms with E-state index in [2.05, 4.69) is 4.72 Å². The molecular formula is C18H18ClFN2O5S2. The Morgan fingerprint density at radius 3 is 2.34 bits per heavy atom. The number of anilines is 2. The summed E-state index contributed by atoms with van der Waals surface area (Å²) in [4.78, 5) is 12.4. The lowest BCUT2D eigenvalue weighted by molar-refractivity contribution is -0.123. The smallest absolute Gasteiger partial charge is 0.262 e. The van der Waals surface area contributed by atoms with Gasteiger partial charge in [-0.1, -0.05) is 11.6 Å². The van der Waals surface area contributed by atoms with Crippen LogP contribution in [0.3, 0.4) is 0 Å². The van der Waals surface area contributed by atoms with Crippen LogP contribution in [0.5, 0.6) is 0 Å². The molecule has 1 amide bonds. The van der Waals surface area contributed by atoms with Crippen LogP contribution in [0.4, 0.5) is 15.8 Å². The summed E-state index contributed by atoms with van der Waals surface area (Å²) in [7, 11) is -7.91. The van der Waals surface area contributed by atoms with Gasteiger partial charge in [-0.15, -0.1) is 0 Å². The van der Waals surface area contributed by atoms with Crippen LogP contribution in [-0.2, 0) is 24.8 Å². The molecule has 2 aromatic rings. The highest BCUT2D eigenvalue weighted by atomic mass is 35.5. The minimum atomic E-state index is -4.06. The maximum absolute atomic E-state index is 13.3. The van der Waals surface area contributed by atoms with E-state index in [9.17, 15) is 26.0 Å². The first-order valence-corrected chi connectivity index (χ1v) is 11.9. The molecule has 1 N–H and O–H groups in total. The van der Waals surface area contributed by atoms with E-state index in [0.717, 1.165) is 12.1 Å². The summed E-state index contributed by atoms with van der Waals surface area (Å²) < 4.78 is 66.5. The summed E-state index contributed by atoms with van der Waals surface area (Å²) in [6, 6.07) is 7.18. The molecule has 0 saturated carbocycles. The molecule has 1 aliphatic rings. The molecule has 1 aliphatic heterocycles. The molecule has 7 nitrogen and oxygen atoms in total. The predicted octanol–water partition coefficient (Wildman–Crippen LogP) is 3.29. The first-order valence-electron chi connectivity index (χ1n) is 8.41. The van der Waals surface area contributed by atoms with Gasteiger partial charge in [0.25, 0.3) is 10.0 Å². The van der Waals surface area contributed by atoms with Crippen molar-refractivity contribution in [2.45, 2.75) is 25.7 Å². The van der Waals surface area contributed by atoms with E-state index >= 15 is 0 Å². The Balaban J connectivity index is 1.97. The Labute approximate surface area is 173 Å². The molecule has 0 bridgehead atoms. The third kappa shape index (κ3) is 3.96. The summed E-state index contributed by atoms with van der Waals surface area (Å²) in [5, 5.41) is -0.238. The number of hydrogen-bond acceptors (Lipinski definition) is 5. The van der Waals surface area contributed by atoms with E-state index in [1.54, 1.807) is 0 Å². The highest BCUT2D eigenvalue weighted by Crippen LogP contribution is 2.37. The summed E-state index contributed by atoms with van der Waals surface area (Å²) in [6.07, 6.45) is 0. The molecular weight excluding hydrogens is 443 g/mol.